The van der Waals surface area contributed by atoms with Crippen molar-refractivity contribution in [3.05, 3.63) is 36.0 Å². The van der Waals surface area contributed by atoms with E-state index in [-0.39, 0.29) is 18.1 Å². The third kappa shape index (κ3) is 8.22. The molecule has 0 saturated heterocycles. The number of aromatic amines is 1. The molecule has 2 rings (SSSR count). The van der Waals surface area contributed by atoms with Gasteiger partial charge >= 0.3 is 5.97 Å². The normalized spacial score (nSPS) is 15.1. The summed E-state index contributed by atoms with van der Waals surface area (Å²) in [5, 5.41) is 17.6. The minimum atomic E-state index is -1.58. The molecule has 2 aromatic rings. The molecule has 1 aromatic carbocycles. The first-order valence-electron chi connectivity index (χ1n) is 11.8. The molecule has 202 valence electrons. The van der Waals surface area contributed by atoms with Crippen molar-refractivity contribution in [1.29, 1.82) is 0 Å². The standard InChI is InChI=1S/C24H34N6O6S/c1-3-12(2)20(26)23(34)30-18(11-37)22(33)28-16(21(32)29-17(24(35)36)9-19(25)31)8-13-10-27-15-7-5-4-6-14(13)15/h4-7,10,12,16-18,20,27,37H,3,8-9,11,26H2,1-2H3,(H2,25,31)(H,28,33)(H,29,32)(H,30,34)(H,35,36). The second-order valence-electron chi connectivity index (χ2n) is 8.85. The van der Waals surface area contributed by atoms with Gasteiger partial charge in [0.05, 0.1) is 12.5 Å². The largest absolute Gasteiger partial charge is 0.480 e. The van der Waals surface area contributed by atoms with Crippen molar-refractivity contribution in [3.63, 3.8) is 0 Å². The molecular weight excluding hydrogens is 500 g/mol. The fraction of sp³-hybridized carbons (Fsp3) is 0.458. The van der Waals surface area contributed by atoms with Crippen LogP contribution in [-0.4, -0.2) is 69.6 Å². The molecule has 0 aliphatic heterocycles. The molecule has 12 nitrogen and oxygen atoms in total. The van der Waals surface area contributed by atoms with Gasteiger partial charge in [-0.05, 0) is 17.5 Å². The van der Waals surface area contributed by atoms with Gasteiger partial charge < -0.3 is 37.5 Å². The van der Waals surface area contributed by atoms with E-state index >= 15 is 0 Å². The number of fused-ring (bicyclic) bond motifs is 1. The van der Waals surface area contributed by atoms with Crippen LogP contribution in [0.15, 0.2) is 30.5 Å². The molecule has 0 aliphatic rings. The molecule has 13 heteroatoms. The van der Waals surface area contributed by atoms with Crippen LogP contribution in [0, 0.1) is 5.92 Å². The molecule has 4 amide bonds. The fourth-order valence-electron chi connectivity index (χ4n) is 3.65. The summed E-state index contributed by atoms with van der Waals surface area (Å²) in [7, 11) is 0. The van der Waals surface area contributed by atoms with E-state index in [0.29, 0.717) is 12.0 Å². The fourth-order valence-corrected chi connectivity index (χ4v) is 3.91. The molecule has 5 atom stereocenters. The number of thiol groups is 1. The number of rotatable bonds is 14. The molecule has 37 heavy (non-hydrogen) atoms. The number of benzene rings is 1. The van der Waals surface area contributed by atoms with E-state index in [4.69, 9.17) is 11.5 Å². The van der Waals surface area contributed by atoms with Gasteiger partial charge in [-0.2, -0.15) is 12.6 Å². The smallest absolute Gasteiger partial charge is 0.326 e. The van der Waals surface area contributed by atoms with Gasteiger partial charge in [0.25, 0.3) is 0 Å². The number of carbonyl (C=O) groups excluding carboxylic acids is 4. The number of hydrogen-bond acceptors (Lipinski definition) is 7. The summed E-state index contributed by atoms with van der Waals surface area (Å²) in [6, 6.07) is 2.55. The van der Waals surface area contributed by atoms with Crippen LogP contribution in [-0.2, 0) is 30.4 Å². The van der Waals surface area contributed by atoms with E-state index < -0.39 is 60.2 Å². The van der Waals surface area contributed by atoms with E-state index in [1.807, 2.05) is 38.1 Å². The second kappa shape index (κ2) is 13.7. The third-order valence-corrected chi connectivity index (χ3v) is 6.49. The van der Waals surface area contributed by atoms with Crippen molar-refractivity contribution < 1.29 is 29.1 Å². The van der Waals surface area contributed by atoms with Gasteiger partial charge in [-0.1, -0.05) is 38.5 Å². The quantitative estimate of drug-likeness (QED) is 0.148. The molecule has 0 saturated carbocycles. The van der Waals surface area contributed by atoms with Crippen LogP contribution in [0.5, 0.6) is 0 Å². The Morgan fingerprint density at radius 2 is 1.59 bits per heavy atom. The molecule has 9 N–H and O–H groups in total. The number of amides is 4. The lowest BCUT2D eigenvalue weighted by atomic mass is 9.99. The minimum Gasteiger partial charge on any atom is -0.480 e. The van der Waals surface area contributed by atoms with Crippen molar-refractivity contribution >= 4 is 53.1 Å². The zero-order chi connectivity index (χ0) is 27.7. The number of primary amides is 1. The molecule has 0 bridgehead atoms. The summed E-state index contributed by atoms with van der Waals surface area (Å²) in [5.74, 6) is -4.65. The monoisotopic (exact) mass is 534 g/mol. The number of H-pyrrole nitrogens is 1. The zero-order valence-corrected chi connectivity index (χ0v) is 21.6. The topological polar surface area (TPSA) is 209 Å². The minimum absolute atomic E-state index is 0.00980. The van der Waals surface area contributed by atoms with Gasteiger partial charge in [-0.25, -0.2) is 4.79 Å². The maximum atomic E-state index is 13.1. The molecule has 0 radical (unpaired) electrons. The Kier molecular flexibility index (Phi) is 10.9. The average molecular weight is 535 g/mol. The van der Waals surface area contributed by atoms with Crippen molar-refractivity contribution in [2.45, 2.75) is 57.3 Å². The van der Waals surface area contributed by atoms with Gasteiger partial charge in [0.1, 0.15) is 18.1 Å². The molecule has 0 fully saturated rings. The number of carbonyl (C=O) groups is 5. The van der Waals surface area contributed by atoms with Crippen molar-refractivity contribution in [2.75, 3.05) is 5.75 Å². The molecule has 1 heterocycles. The molecule has 1 aromatic heterocycles. The van der Waals surface area contributed by atoms with E-state index in [1.54, 1.807) is 6.20 Å². The Morgan fingerprint density at radius 3 is 2.19 bits per heavy atom. The SMILES string of the molecule is CCC(C)C(N)C(=O)NC(CS)C(=O)NC(Cc1c[nH]c2ccccc12)C(=O)NC(CC(N)=O)C(=O)O. The van der Waals surface area contributed by atoms with Gasteiger partial charge in [0.15, 0.2) is 0 Å². The molecule has 0 spiro atoms. The Hall–Kier alpha value is -3.58. The summed E-state index contributed by atoms with van der Waals surface area (Å²) < 4.78 is 0. The lowest BCUT2D eigenvalue weighted by molar-refractivity contribution is -0.143. The third-order valence-electron chi connectivity index (χ3n) is 6.13. The lowest BCUT2D eigenvalue weighted by Gasteiger charge is -2.25. The number of carboxylic acids is 1. The molecule has 0 aliphatic carbocycles. The number of carboxylic acid groups (broad SMARTS) is 1. The highest BCUT2D eigenvalue weighted by atomic mass is 32.1. The summed E-state index contributed by atoms with van der Waals surface area (Å²) in [4.78, 5) is 64.6. The van der Waals surface area contributed by atoms with Crippen LogP contribution < -0.4 is 27.4 Å². The van der Waals surface area contributed by atoms with E-state index in [9.17, 15) is 29.1 Å². The van der Waals surface area contributed by atoms with Crippen LogP contribution in [0.1, 0.15) is 32.3 Å². The van der Waals surface area contributed by atoms with Gasteiger partial charge in [-0.3, -0.25) is 19.2 Å². The average Bonchev–Trinajstić information content (AvgIpc) is 3.27. The van der Waals surface area contributed by atoms with Crippen molar-refractivity contribution in [3.8, 4) is 0 Å². The first kappa shape index (κ1) is 29.6. The summed E-state index contributed by atoms with van der Waals surface area (Å²) in [6.45, 7) is 3.70. The van der Waals surface area contributed by atoms with Crippen LogP contribution >= 0.6 is 12.6 Å². The number of hydrogen-bond donors (Lipinski definition) is 8. The summed E-state index contributed by atoms with van der Waals surface area (Å²) in [5.41, 5.74) is 12.6. The summed E-state index contributed by atoms with van der Waals surface area (Å²) in [6.07, 6.45) is 1.70. The van der Waals surface area contributed by atoms with Crippen molar-refractivity contribution in [1.82, 2.24) is 20.9 Å². The van der Waals surface area contributed by atoms with Gasteiger partial charge in [-0.15, -0.1) is 0 Å². The number of para-hydroxylation sites is 1. The van der Waals surface area contributed by atoms with Crippen LogP contribution in [0.25, 0.3) is 10.9 Å². The highest BCUT2D eigenvalue weighted by molar-refractivity contribution is 7.80. The van der Waals surface area contributed by atoms with E-state index in [0.717, 1.165) is 10.9 Å². The number of nitrogens with two attached hydrogens (primary N) is 2. The summed E-state index contributed by atoms with van der Waals surface area (Å²) >= 11 is 4.15. The van der Waals surface area contributed by atoms with Crippen LogP contribution in [0.3, 0.4) is 0 Å². The van der Waals surface area contributed by atoms with E-state index in [1.165, 1.54) is 0 Å². The first-order valence-corrected chi connectivity index (χ1v) is 12.4. The predicted molar refractivity (Wildman–Crippen MR) is 141 cm³/mol. The molecule has 5 unspecified atom stereocenters. The Balaban J connectivity index is 2.27. The zero-order valence-electron chi connectivity index (χ0n) is 20.7. The molecular formula is C24H34N6O6S. The Bertz CT molecular complexity index is 1140. The predicted octanol–water partition coefficient (Wildman–Crippen LogP) is -0.572. The number of aliphatic carboxylic acids is 1. The Labute approximate surface area is 219 Å². The van der Waals surface area contributed by atoms with Crippen LogP contribution in [0.4, 0.5) is 0 Å². The van der Waals surface area contributed by atoms with Crippen LogP contribution in [0.2, 0.25) is 0 Å². The number of aromatic nitrogens is 1. The maximum absolute atomic E-state index is 13.1. The van der Waals surface area contributed by atoms with Gasteiger partial charge in [0, 0.05) is 29.3 Å². The highest BCUT2D eigenvalue weighted by Gasteiger charge is 2.31. The second-order valence-corrected chi connectivity index (χ2v) is 9.21. The highest BCUT2D eigenvalue weighted by Crippen LogP contribution is 2.19. The lowest BCUT2D eigenvalue weighted by Crippen LogP contribution is -2.58. The van der Waals surface area contributed by atoms with Crippen molar-refractivity contribution in [2.24, 2.45) is 17.4 Å². The Morgan fingerprint density at radius 1 is 1.00 bits per heavy atom. The first-order chi connectivity index (χ1) is 17.5. The van der Waals surface area contributed by atoms with E-state index in [2.05, 4.69) is 33.6 Å². The maximum Gasteiger partial charge on any atom is 0.326 e. The number of nitrogens with one attached hydrogen (secondary N) is 4. The van der Waals surface area contributed by atoms with Gasteiger partial charge in [0.2, 0.25) is 23.6 Å².